The maximum absolute atomic E-state index is 13.3. The van der Waals surface area contributed by atoms with Gasteiger partial charge in [0.05, 0.1) is 13.2 Å². The summed E-state index contributed by atoms with van der Waals surface area (Å²) in [6.07, 6.45) is 3.25. The van der Waals surface area contributed by atoms with Crippen LogP contribution in [0.5, 0.6) is 5.75 Å². The van der Waals surface area contributed by atoms with E-state index in [1.54, 1.807) is 52.0 Å². The first kappa shape index (κ1) is 25.6. The van der Waals surface area contributed by atoms with Gasteiger partial charge in [0.25, 0.3) is 0 Å². The number of rotatable bonds is 5. The molecule has 2 aliphatic heterocycles. The number of carbonyl (C=O) groups excluding carboxylic acids is 2. The third-order valence-electron chi connectivity index (χ3n) is 5.55. The van der Waals surface area contributed by atoms with Gasteiger partial charge >= 0.3 is 21.5 Å². The molecule has 12 heteroatoms. The Morgan fingerprint density at radius 1 is 1.09 bits per heavy atom. The van der Waals surface area contributed by atoms with Gasteiger partial charge in [-0.25, -0.2) is 9.10 Å². The first-order chi connectivity index (χ1) is 15.5. The van der Waals surface area contributed by atoms with Gasteiger partial charge in [-0.2, -0.15) is 21.6 Å². The van der Waals surface area contributed by atoms with Gasteiger partial charge in [0.2, 0.25) is 5.91 Å². The molecule has 2 atom stereocenters. The molecule has 1 fully saturated rings. The van der Waals surface area contributed by atoms with Crippen molar-refractivity contribution in [2.75, 3.05) is 7.11 Å². The highest BCUT2D eigenvalue weighted by Gasteiger charge is 2.65. The number of methoxy groups -OCH3 is 1. The summed E-state index contributed by atoms with van der Waals surface area (Å²) in [5.41, 5.74) is -7.43. The number of nitrogens with zero attached hydrogens (tertiary/aromatic N) is 2. The Bertz CT molecular complexity index is 1120. The van der Waals surface area contributed by atoms with Gasteiger partial charge in [-0.3, -0.25) is 4.79 Å². The van der Waals surface area contributed by atoms with Gasteiger partial charge in [0.15, 0.2) is 6.04 Å². The zero-order chi connectivity index (χ0) is 25.7. The van der Waals surface area contributed by atoms with Gasteiger partial charge in [0, 0.05) is 12.4 Å². The van der Waals surface area contributed by atoms with Crippen LogP contribution in [0.4, 0.5) is 13.2 Å². The summed E-state index contributed by atoms with van der Waals surface area (Å²) in [5, 5.41) is 0. The Morgan fingerprint density at radius 3 is 2.06 bits per heavy atom. The standard InChI is InChI=1S/C22H25F3N2O6S/c1-14(15-6-8-16(32-5)9-7-15)27-17(18(28)33-20(2,3)4)21(19(27)29)10-12-26(13-11-21)34(30,31)22(23,24)25/h6-14,17H,1-5H3/t14-,17-/m0/s1. The maximum atomic E-state index is 13.3. The quantitative estimate of drug-likeness (QED) is 0.452. The molecule has 0 unspecified atom stereocenters. The molecule has 1 saturated heterocycles. The molecule has 2 aliphatic rings. The Hall–Kier alpha value is -3.02. The van der Waals surface area contributed by atoms with Gasteiger partial charge in [-0.1, -0.05) is 12.1 Å². The van der Waals surface area contributed by atoms with Crippen LogP contribution in [-0.2, 0) is 24.3 Å². The molecule has 34 heavy (non-hydrogen) atoms. The van der Waals surface area contributed by atoms with E-state index in [0.717, 1.165) is 12.2 Å². The lowest BCUT2D eigenvalue weighted by molar-refractivity contribution is -0.188. The molecule has 1 spiro atoms. The topological polar surface area (TPSA) is 93.2 Å². The molecule has 186 valence electrons. The number of carbonyl (C=O) groups is 2. The van der Waals surface area contributed by atoms with Crippen LogP contribution < -0.4 is 4.74 Å². The molecule has 0 radical (unpaired) electrons. The molecule has 1 amide bonds. The lowest BCUT2D eigenvalue weighted by atomic mass is 9.68. The molecule has 0 aromatic heterocycles. The fourth-order valence-electron chi connectivity index (χ4n) is 3.83. The number of benzene rings is 1. The van der Waals surface area contributed by atoms with Crippen LogP contribution in [-0.4, -0.2) is 53.8 Å². The van der Waals surface area contributed by atoms with Gasteiger partial charge in [-0.15, -0.1) is 0 Å². The normalized spacial score (nSPS) is 20.8. The molecule has 0 N–H and O–H groups in total. The van der Waals surface area contributed by atoms with E-state index in [9.17, 15) is 31.2 Å². The highest BCUT2D eigenvalue weighted by atomic mass is 32.2. The number of hydrogen-bond acceptors (Lipinski definition) is 6. The number of esters is 1. The number of sulfonamides is 1. The summed E-state index contributed by atoms with van der Waals surface area (Å²) in [6, 6.07) is 5.00. The number of β-lactam (4-membered cyclic amide) rings is 1. The Balaban J connectivity index is 1.98. The second-order valence-electron chi connectivity index (χ2n) is 8.94. The van der Waals surface area contributed by atoms with Crippen LogP contribution in [0.1, 0.15) is 39.3 Å². The molecular formula is C22H25F3N2O6S. The average Bonchev–Trinajstić information content (AvgIpc) is 2.74. The van der Waals surface area contributed by atoms with Crippen LogP contribution in [0, 0.1) is 5.41 Å². The second kappa shape index (κ2) is 8.33. The minimum Gasteiger partial charge on any atom is -0.497 e. The molecule has 0 saturated carbocycles. The monoisotopic (exact) mass is 502 g/mol. The van der Waals surface area contributed by atoms with Crippen molar-refractivity contribution in [1.82, 2.24) is 9.21 Å². The Morgan fingerprint density at radius 2 is 1.62 bits per heavy atom. The minimum atomic E-state index is -5.69. The predicted molar refractivity (Wildman–Crippen MR) is 115 cm³/mol. The molecule has 2 heterocycles. The number of amides is 1. The summed E-state index contributed by atoms with van der Waals surface area (Å²) < 4.78 is 72.8. The van der Waals surface area contributed by atoms with E-state index in [0.29, 0.717) is 23.7 Å². The first-order valence-electron chi connectivity index (χ1n) is 10.2. The first-order valence-corrected chi connectivity index (χ1v) is 11.7. The van der Waals surface area contributed by atoms with E-state index < -0.39 is 50.5 Å². The van der Waals surface area contributed by atoms with Crippen molar-refractivity contribution in [3.05, 3.63) is 54.4 Å². The zero-order valence-corrected chi connectivity index (χ0v) is 20.0. The van der Waals surface area contributed by atoms with E-state index in [1.165, 1.54) is 12.0 Å². The number of ether oxygens (including phenoxy) is 2. The summed E-state index contributed by atoms with van der Waals surface area (Å²) in [7, 11) is -4.19. The van der Waals surface area contributed by atoms with E-state index in [4.69, 9.17) is 9.47 Å². The van der Waals surface area contributed by atoms with Crippen LogP contribution in [0.25, 0.3) is 0 Å². The van der Waals surface area contributed by atoms with Crippen LogP contribution in [0.2, 0.25) is 0 Å². The van der Waals surface area contributed by atoms with E-state index >= 15 is 0 Å². The lowest BCUT2D eigenvalue weighted by Gasteiger charge is -2.55. The SMILES string of the molecule is COc1ccc([C@H](C)N2C(=O)C3(C=CN(S(=O)(=O)C(F)(F)F)C=C3)[C@@H]2C(=O)OC(C)(C)C)cc1. The number of alkyl halides is 3. The van der Waals surface area contributed by atoms with Gasteiger partial charge in [-0.05, 0) is 57.5 Å². The summed E-state index contributed by atoms with van der Waals surface area (Å²) in [4.78, 5) is 27.7. The zero-order valence-electron chi connectivity index (χ0n) is 19.2. The molecule has 0 aliphatic carbocycles. The molecule has 1 aromatic rings. The summed E-state index contributed by atoms with van der Waals surface area (Å²) >= 11 is 0. The highest BCUT2D eigenvalue weighted by Crippen LogP contribution is 2.49. The molecular weight excluding hydrogens is 477 g/mol. The van der Waals surface area contributed by atoms with Crippen molar-refractivity contribution >= 4 is 21.9 Å². The van der Waals surface area contributed by atoms with Crippen molar-refractivity contribution in [3.63, 3.8) is 0 Å². The third-order valence-corrected chi connectivity index (χ3v) is 6.93. The molecule has 0 bridgehead atoms. The Kier molecular flexibility index (Phi) is 6.27. The van der Waals surface area contributed by atoms with E-state index in [2.05, 4.69) is 0 Å². The van der Waals surface area contributed by atoms with E-state index in [1.807, 2.05) is 0 Å². The molecule has 8 nitrogen and oxygen atoms in total. The molecule has 1 aromatic carbocycles. The van der Waals surface area contributed by atoms with Crippen molar-refractivity contribution < 1.29 is 40.7 Å². The van der Waals surface area contributed by atoms with Crippen LogP contribution >= 0.6 is 0 Å². The fraction of sp³-hybridized carbons (Fsp3) is 0.455. The number of halogens is 3. The van der Waals surface area contributed by atoms with Gasteiger partial charge < -0.3 is 14.4 Å². The number of hydrogen-bond donors (Lipinski definition) is 0. The summed E-state index contributed by atoms with van der Waals surface area (Å²) in [5.74, 6) is -0.757. The van der Waals surface area contributed by atoms with Crippen molar-refractivity contribution in [2.45, 2.75) is 50.9 Å². The summed E-state index contributed by atoms with van der Waals surface area (Å²) in [6.45, 7) is 6.61. The van der Waals surface area contributed by atoms with E-state index in [-0.39, 0.29) is 4.31 Å². The second-order valence-corrected chi connectivity index (χ2v) is 10.8. The van der Waals surface area contributed by atoms with Crippen LogP contribution in [0.15, 0.2) is 48.8 Å². The maximum Gasteiger partial charge on any atom is 0.517 e. The lowest BCUT2D eigenvalue weighted by Crippen LogP contribution is -2.71. The largest absolute Gasteiger partial charge is 0.517 e. The van der Waals surface area contributed by atoms with Crippen LogP contribution in [0.3, 0.4) is 0 Å². The third kappa shape index (κ3) is 4.26. The molecule has 3 rings (SSSR count). The minimum absolute atomic E-state index is 0.0345. The highest BCUT2D eigenvalue weighted by molar-refractivity contribution is 7.90. The number of likely N-dealkylation sites (tertiary alicyclic amines) is 1. The average molecular weight is 503 g/mol. The van der Waals surface area contributed by atoms with Gasteiger partial charge in [0.1, 0.15) is 16.8 Å². The van der Waals surface area contributed by atoms with Crippen molar-refractivity contribution in [2.24, 2.45) is 5.41 Å². The van der Waals surface area contributed by atoms with Crippen molar-refractivity contribution in [3.8, 4) is 5.75 Å². The predicted octanol–water partition coefficient (Wildman–Crippen LogP) is 3.49. The fourth-order valence-corrected chi connectivity index (χ4v) is 4.52. The van der Waals surface area contributed by atoms with Crippen molar-refractivity contribution in [1.29, 1.82) is 0 Å². The smallest absolute Gasteiger partial charge is 0.497 e. The Labute approximate surface area is 195 Å².